The second-order valence-corrected chi connectivity index (χ2v) is 10.4. The van der Waals surface area contributed by atoms with E-state index in [1.165, 1.54) is 11.3 Å². The summed E-state index contributed by atoms with van der Waals surface area (Å²) in [6.45, 7) is 7.40. The van der Waals surface area contributed by atoms with Crippen molar-refractivity contribution in [3.05, 3.63) is 46.9 Å². The van der Waals surface area contributed by atoms with E-state index in [1.54, 1.807) is 11.6 Å². The zero-order valence-corrected chi connectivity index (χ0v) is 21.8. The lowest BCUT2D eigenvalue weighted by molar-refractivity contribution is -0.129. The van der Waals surface area contributed by atoms with Gasteiger partial charge in [-0.2, -0.15) is 15.5 Å². The van der Waals surface area contributed by atoms with Crippen LogP contribution in [0.25, 0.3) is 11.1 Å². The van der Waals surface area contributed by atoms with Gasteiger partial charge in [0, 0.05) is 74.4 Å². The largest absolute Gasteiger partial charge is 0.379 e. The number of hydrogen-bond acceptors (Lipinski definition) is 6. The molecule has 3 aliphatic rings. The van der Waals surface area contributed by atoms with Crippen LogP contribution in [0.5, 0.6) is 0 Å². The average molecular weight is 500 g/mol. The molecule has 0 N–H and O–H groups in total. The molecule has 0 spiro atoms. The van der Waals surface area contributed by atoms with Crippen LogP contribution in [-0.4, -0.2) is 56.7 Å². The minimum Gasteiger partial charge on any atom is -0.379 e. The Morgan fingerprint density at radius 1 is 1.27 bits per heavy atom. The molecule has 1 fully saturated rings. The van der Waals surface area contributed by atoms with Gasteiger partial charge in [-0.3, -0.25) is 14.2 Å². The summed E-state index contributed by atoms with van der Waals surface area (Å²) >= 11 is 0. The van der Waals surface area contributed by atoms with Gasteiger partial charge in [0.25, 0.3) is 0 Å². The van der Waals surface area contributed by atoms with Crippen molar-refractivity contribution < 1.29 is 9.53 Å². The van der Waals surface area contributed by atoms with Crippen LogP contribution in [0.4, 0.5) is 11.5 Å². The predicted molar refractivity (Wildman–Crippen MR) is 140 cm³/mol. The summed E-state index contributed by atoms with van der Waals surface area (Å²) in [5, 5.41) is 19.7. The molecular weight excluding hydrogens is 466 g/mol. The maximum absolute atomic E-state index is 12.3. The van der Waals surface area contributed by atoms with E-state index in [0.717, 1.165) is 67.0 Å². The number of nitriles is 1. The molecule has 2 atom stereocenters. The lowest BCUT2D eigenvalue weighted by Crippen LogP contribution is -2.36. The molecule has 6 rings (SSSR count). The number of rotatable bonds is 4. The van der Waals surface area contributed by atoms with Gasteiger partial charge in [-0.1, -0.05) is 6.92 Å². The number of hydrogen-bond donors (Lipinski definition) is 0. The van der Waals surface area contributed by atoms with Gasteiger partial charge in [0.1, 0.15) is 0 Å². The molecule has 3 aromatic rings. The number of fused-ring (bicyclic) bond motifs is 2. The average Bonchev–Trinajstić information content (AvgIpc) is 3.67. The third kappa shape index (κ3) is 4.00. The summed E-state index contributed by atoms with van der Waals surface area (Å²) in [7, 11) is 1.89. The molecule has 2 aromatic heterocycles. The van der Waals surface area contributed by atoms with Crippen LogP contribution in [0.2, 0.25) is 0 Å². The van der Waals surface area contributed by atoms with Gasteiger partial charge in [-0.15, -0.1) is 0 Å². The molecule has 1 amide bonds. The highest BCUT2D eigenvalue weighted by atomic mass is 16.5. The molecule has 9 nitrogen and oxygen atoms in total. The number of carbonyl (C=O) groups is 1. The fourth-order valence-electron chi connectivity index (χ4n) is 6.19. The van der Waals surface area contributed by atoms with Crippen molar-refractivity contribution in [1.82, 2.24) is 24.5 Å². The maximum atomic E-state index is 12.3. The second-order valence-electron chi connectivity index (χ2n) is 10.4. The number of anilines is 2. The molecular formula is C28H33N7O2. The highest BCUT2D eigenvalue weighted by molar-refractivity contribution is 5.80. The third-order valence-electron chi connectivity index (χ3n) is 8.25. The minimum absolute atomic E-state index is 0.0894. The van der Waals surface area contributed by atoms with E-state index < -0.39 is 0 Å². The third-order valence-corrected chi connectivity index (χ3v) is 8.25. The zero-order chi connectivity index (χ0) is 25.7. The Bertz CT molecular complexity index is 1390. The monoisotopic (exact) mass is 499 g/mol. The van der Waals surface area contributed by atoms with Crippen molar-refractivity contribution in [3.63, 3.8) is 0 Å². The summed E-state index contributed by atoms with van der Waals surface area (Å²) in [4.78, 5) is 16.5. The minimum atomic E-state index is 0.0894. The lowest BCUT2D eigenvalue weighted by Gasteiger charge is -2.36. The second kappa shape index (κ2) is 9.34. The standard InChI is InChI=1S/C28H33N7O2/c1-4-19-5-9-34(27-11-20(13-29)23(12-24(19)27)21-14-30-32(3)15-21)28-25-16-33(18(2)36)8-6-26(25)35(31-28)22-7-10-37-17-22/h11-12,14-15,19,22H,4-10,16-17H2,1-3H3/t19-,22+/m1/s1. The first-order chi connectivity index (χ1) is 18.0. The van der Waals surface area contributed by atoms with Crippen molar-refractivity contribution in [2.45, 2.75) is 58.0 Å². The molecule has 192 valence electrons. The highest BCUT2D eigenvalue weighted by Gasteiger charge is 2.35. The number of benzene rings is 1. The Morgan fingerprint density at radius 2 is 2.14 bits per heavy atom. The zero-order valence-electron chi connectivity index (χ0n) is 21.8. The van der Waals surface area contributed by atoms with Crippen LogP contribution in [-0.2, 0) is 29.5 Å². The number of aromatic nitrogens is 4. The summed E-state index contributed by atoms with van der Waals surface area (Å²) in [6, 6.07) is 6.89. The van der Waals surface area contributed by atoms with E-state index in [-0.39, 0.29) is 11.9 Å². The van der Waals surface area contributed by atoms with Gasteiger partial charge in [0.15, 0.2) is 5.82 Å². The molecule has 0 radical (unpaired) electrons. The van der Waals surface area contributed by atoms with Crippen molar-refractivity contribution in [2.24, 2.45) is 7.05 Å². The Labute approximate surface area is 217 Å². The Hall–Kier alpha value is -3.64. The van der Waals surface area contributed by atoms with Crippen molar-refractivity contribution in [3.8, 4) is 17.2 Å². The van der Waals surface area contributed by atoms with Crippen molar-refractivity contribution >= 4 is 17.4 Å². The molecule has 1 aromatic carbocycles. The molecule has 1 saturated heterocycles. The number of aryl methyl sites for hydroxylation is 1. The number of amides is 1. The van der Waals surface area contributed by atoms with Gasteiger partial charge in [-0.05, 0) is 42.9 Å². The van der Waals surface area contributed by atoms with Gasteiger partial charge in [-0.25, -0.2) is 0 Å². The highest BCUT2D eigenvalue weighted by Crippen LogP contribution is 2.45. The van der Waals surface area contributed by atoms with Crippen LogP contribution < -0.4 is 4.90 Å². The summed E-state index contributed by atoms with van der Waals surface area (Å²) < 4.78 is 9.65. The van der Waals surface area contributed by atoms with E-state index >= 15 is 0 Å². The molecule has 9 heteroatoms. The fraction of sp³-hybridized carbons (Fsp3) is 0.500. The number of ether oxygens (including phenoxy) is 1. The van der Waals surface area contributed by atoms with E-state index in [9.17, 15) is 10.1 Å². The topological polar surface area (TPSA) is 92.2 Å². The molecule has 0 bridgehead atoms. The van der Waals surface area contributed by atoms with Gasteiger partial charge in [0.2, 0.25) is 5.91 Å². The molecule has 0 unspecified atom stereocenters. The molecule has 0 saturated carbocycles. The molecule has 0 aliphatic carbocycles. The SMILES string of the molecule is CC[C@@H]1CCN(c2nn([C@H]3CCOC3)c3c2CN(C(C)=O)CC3)c2cc(C#N)c(-c3cnn(C)c3)cc21. The smallest absolute Gasteiger partial charge is 0.219 e. The quantitative estimate of drug-likeness (QED) is 0.538. The first kappa shape index (κ1) is 23.7. The Kier molecular flexibility index (Phi) is 6.00. The van der Waals surface area contributed by atoms with Crippen molar-refractivity contribution in [2.75, 3.05) is 31.2 Å². The van der Waals surface area contributed by atoms with Crippen LogP contribution >= 0.6 is 0 Å². The van der Waals surface area contributed by atoms with Gasteiger partial charge >= 0.3 is 0 Å². The van der Waals surface area contributed by atoms with Gasteiger partial charge < -0.3 is 14.5 Å². The summed E-state index contributed by atoms with van der Waals surface area (Å²) in [6.07, 6.45) is 7.56. The lowest BCUT2D eigenvalue weighted by atomic mass is 9.84. The Balaban J connectivity index is 1.50. The first-order valence-electron chi connectivity index (χ1n) is 13.3. The van der Waals surface area contributed by atoms with Crippen LogP contribution in [0.15, 0.2) is 24.5 Å². The molecule has 5 heterocycles. The molecule has 37 heavy (non-hydrogen) atoms. The predicted octanol–water partition coefficient (Wildman–Crippen LogP) is 4.06. The van der Waals surface area contributed by atoms with Crippen LogP contribution in [0.3, 0.4) is 0 Å². The van der Waals surface area contributed by atoms with E-state index in [2.05, 4.69) is 33.7 Å². The van der Waals surface area contributed by atoms with E-state index in [4.69, 9.17) is 9.84 Å². The number of nitrogens with zero attached hydrogens (tertiary/aromatic N) is 7. The Morgan fingerprint density at radius 3 is 2.81 bits per heavy atom. The summed E-state index contributed by atoms with van der Waals surface area (Å²) in [5.74, 6) is 1.41. The van der Waals surface area contributed by atoms with Gasteiger partial charge in [0.05, 0.1) is 37.0 Å². The van der Waals surface area contributed by atoms with E-state index in [1.807, 2.05) is 30.4 Å². The van der Waals surface area contributed by atoms with Crippen LogP contribution in [0.1, 0.15) is 67.5 Å². The van der Waals surface area contributed by atoms with Crippen LogP contribution in [0, 0.1) is 11.3 Å². The normalized spacial score (nSPS) is 21.0. The maximum Gasteiger partial charge on any atom is 0.219 e. The number of carbonyl (C=O) groups excluding carboxylic acids is 1. The van der Waals surface area contributed by atoms with E-state index in [0.29, 0.717) is 31.2 Å². The fourth-order valence-corrected chi connectivity index (χ4v) is 6.19. The van der Waals surface area contributed by atoms with Crippen molar-refractivity contribution in [1.29, 1.82) is 5.26 Å². The first-order valence-corrected chi connectivity index (χ1v) is 13.3. The summed E-state index contributed by atoms with van der Waals surface area (Å²) in [5.41, 5.74) is 7.16. The molecule has 3 aliphatic heterocycles.